The summed E-state index contributed by atoms with van der Waals surface area (Å²) in [5.74, 6) is -0.214. The number of amides is 1. The molecule has 0 saturated carbocycles. The van der Waals surface area contributed by atoms with Crippen molar-refractivity contribution in [3.63, 3.8) is 0 Å². The minimum Gasteiger partial charge on any atom is -0.488 e. The highest BCUT2D eigenvalue weighted by molar-refractivity contribution is 14.1. The van der Waals surface area contributed by atoms with Gasteiger partial charge in [0.15, 0.2) is 5.11 Å². The van der Waals surface area contributed by atoms with E-state index in [4.69, 9.17) is 33.3 Å². The summed E-state index contributed by atoms with van der Waals surface area (Å²) in [7, 11) is 1.29. The predicted octanol–water partition coefficient (Wildman–Crippen LogP) is 6.43. The molecule has 1 aliphatic rings. The highest BCUT2D eigenvalue weighted by Gasteiger charge is 2.40. The first-order valence-corrected chi connectivity index (χ1v) is 13.3. The molecule has 1 fully saturated rings. The number of carbonyl (C=O) groups excluding carboxylic acids is 2. The fourth-order valence-corrected chi connectivity index (χ4v) is 4.82. The Kier molecular flexibility index (Phi) is 8.66. The number of esters is 1. The molecule has 3 aromatic carbocycles. The van der Waals surface area contributed by atoms with E-state index in [-0.39, 0.29) is 23.3 Å². The van der Waals surface area contributed by atoms with Crippen molar-refractivity contribution in [3.05, 3.63) is 96.6 Å². The van der Waals surface area contributed by atoms with E-state index in [1.165, 1.54) is 16.9 Å². The second-order valence-corrected chi connectivity index (χ2v) is 10.6. The zero-order valence-corrected chi connectivity index (χ0v) is 24.2. The van der Waals surface area contributed by atoms with Crippen molar-refractivity contribution in [1.29, 1.82) is 0 Å². The summed E-state index contributed by atoms with van der Waals surface area (Å²) >= 11 is 17.4. The molecule has 0 unspecified atom stereocenters. The number of nitrogens with zero attached hydrogens (tertiary/aromatic N) is 2. The number of benzene rings is 3. The molecule has 10 heteroatoms. The van der Waals surface area contributed by atoms with Gasteiger partial charge in [-0.1, -0.05) is 29.8 Å². The SMILES string of the molecule is COC(=O)CN1C(=S)N(c2ccc(Cl)cc2)C(=O)/C1=C/c1ccc(OCc2ccc(I)cc2)c(Br)c1. The van der Waals surface area contributed by atoms with Gasteiger partial charge in [0.1, 0.15) is 24.6 Å². The molecule has 1 aliphatic heterocycles. The molecule has 0 aliphatic carbocycles. The monoisotopic (exact) mass is 696 g/mol. The smallest absolute Gasteiger partial charge is 0.325 e. The lowest BCUT2D eigenvalue weighted by molar-refractivity contribution is -0.140. The Balaban J connectivity index is 1.61. The van der Waals surface area contributed by atoms with Gasteiger partial charge in [-0.2, -0.15) is 0 Å². The second kappa shape index (κ2) is 11.7. The van der Waals surface area contributed by atoms with Crippen molar-refractivity contribution in [3.8, 4) is 5.75 Å². The molecule has 0 aromatic heterocycles. The average Bonchev–Trinajstić information content (AvgIpc) is 3.09. The molecule has 6 nitrogen and oxygen atoms in total. The van der Waals surface area contributed by atoms with Gasteiger partial charge in [0.25, 0.3) is 5.91 Å². The van der Waals surface area contributed by atoms with Gasteiger partial charge in [0.2, 0.25) is 0 Å². The summed E-state index contributed by atoms with van der Waals surface area (Å²) in [5, 5.41) is 0.711. The maximum Gasteiger partial charge on any atom is 0.325 e. The van der Waals surface area contributed by atoms with Crippen LogP contribution in [-0.2, 0) is 20.9 Å². The van der Waals surface area contributed by atoms with Gasteiger partial charge in [-0.15, -0.1) is 0 Å². The van der Waals surface area contributed by atoms with Crippen LogP contribution in [0.15, 0.2) is 76.9 Å². The average molecular weight is 698 g/mol. The van der Waals surface area contributed by atoms with Crippen molar-refractivity contribution in [2.45, 2.75) is 6.61 Å². The fraction of sp³-hybridized carbons (Fsp3) is 0.115. The van der Waals surface area contributed by atoms with Gasteiger partial charge >= 0.3 is 5.97 Å². The fourth-order valence-electron chi connectivity index (χ4n) is 3.47. The van der Waals surface area contributed by atoms with Crippen molar-refractivity contribution in [1.82, 2.24) is 4.90 Å². The van der Waals surface area contributed by atoms with Gasteiger partial charge in [0.05, 0.1) is 17.3 Å². The standard InChI is InChI=1S/C26H19BrClIN2O4S/c1-34-24(32)14-30-22(25(33)31(26(30)36)20-9-5-18(28)6-10-20)13-17-4-11-23(21(27)12-17)35-15-16-2-7-19(29)8-3-16/h2-13H,14-15H2,1H3/b22-13-. The maximum atomic E-state index is 13.4. The van der Waals surface area contributed by atoms with Crippen LogP contribution in [0.25, 0.3) is 6.08 Å². The minimum absolute atomic E-state index is 0.176. The predicted molar refractivity (Wildman–Crippen MR) is 156 cm³/mol. The molecule has 184 valence electrons. The van der Waals surface area contributed by atoms with E-state index < -0.39 is 5.97 Å². The van der Waals surface area contributed by atoms with Crippen molar-refractivity contribution in [2.75, 3.05) is 18.6 Å². The molecule has 36 heavy (non-hydrogen) atoms. The van der Waals surface area contributed by atoms with Gasteiger partial charge in [-0.25, -0.2) is 0 Å². The van der Waals surface area contributed by atoms with Gasteiger partial charge < -0.3 is 14.4 Å². The number of thiocarbonyl (C=S) groups is 1. The van der Waals surface area contributed by atoms with Crippen LogP contribution < -0.4 is 9.64 Å². The van der Waals surface area contributed by atoms with Crippen LogP contribution >= 0.6 is 62.3 Å². The zero-order valence-electron chi connectivity index (χ0n) is 18.9. The number of hydrogen-bond donors (Lipinski definition) is 0. The first kappa shape index (κ1) is 26.6. The Bertz CT molecular complexity index is 1350. The van der Waals surface area contributed by atoms with Crippen LogP contribution in [0.5, 0.6) is 5.75 Å². The van der Waals surface area contributed by atoms with Crippen molar-refractivity contribution < 1.29 is 19.1 Å². The molecule has 0 bridgehead atoms. The normalized spacial score (nSPS) is 14.5. The quantitative estimate of drug-likeness (QED) is 0.123. The molecule has 0 N–H and O–H groups in total. The molecule has 4 rings (SSSR count). The maximum absolute atomic E-state index is 13.4. The van der Waals surface area contributed by atoms with Crippen LogP contribution in [0.3, 0.4) is 0 Å². The van der Waals surface area contributed by atoms with Gasteiger partial charge in [0, 0.05) is 8.59 Å². The zero-order chi connectivity index (χ0) is 25.8. The Hall–Kier alpha value is -2.47. The summed E-state index contributed by atoms with van der Waals surface area (Å²) in [6.07, 6.45) is 1.68. The summed E-state index contributed by atoms with van der Waals surface area (Å²) in [6.45, 7) is 0.223. The van der Waals surface area contributed by atoms with Crippen LogP contribution in [0.1, 0.15) is 11.1 Å². The van der Waals surface area contributed by atoms with Crippen molar-refractivity contribution in [2.24, 2.45) is 0 Å². The number of methoxy groups -OCH3 is 1. The molecule has 1 heterocycles. The topological polar surface area (TPSA) is 59.1 Å². The number of ether oxygens (including phenoxy) is 2. The third-order valence-electron chi connectivity index (χ3n) is 5.30. The molecule has 1 amide bonds. The third-order valence-corrected chi connectivity index (χ3v) is 7.30. The van der Waals surface area contributed by atoms with Crippen molar-refractivity contribution >= 4 is 91.1 Å². The number of hydrogen-bond acceptors (Lipinski definition) is 5. The Morgan fingerprint density at radius 1 is 1.11 bits per heavy atom. The number of rotatable bonds is 7. The van der Waals surface area contributed by atoms with Crippen LogP contribution in [0, 0.1) is 3.57 Å². The van der Waals surface area contributed by atoms with E-state index in [1.807, 2.05) is 42.5 Å². The largest absolute Gasteiger partial charge is 0.488 e. The lowest BCUT2D eigenvalue weighted by Gasteiger charge is -2.19. The molecule has 0 spiro atoms. The van der Waals surface area contributed by atoms with E-state index in [2.05, 4.69) is 38.5 Å². The highest BCUT2D eigenvalue weighted by atomic mass is 127. The van der Waals surface area contributed by atoms with E-state index >= 15 is 0 Å². The molecular formula is C26H19BrClIN2O4S. The van der Waals surface area contributed by atoms with E-state index in [9.17, 15) is 9.59 Å². The lowest BCUT2D eigenvalue weighted by Crippen LogP contribution is -2.35. The second-order valence-electron chi connectivity index (χ2n) is 7.70. The van der Waals surface area contributed by atoms with Crippen LogP contribution in [-0.4, -0.2) is 35.5 Å². The number of carbonyl (C=O) groups is 2. The number of anilines is 1. The Morgan fingerprint density at radius 3 is 2.44 bits per heavy atom. The third kappa shape index (κ3) is 6.08. The first-order valence-electron chi connectivity index (χ1n) is 10.6. The van der Waals surface area contributed by atoms with Crippen LogP contribution in [0.4, 0.5) is 5.69 Å². The molecule has 0 radical (unpaired) electrons. The van der Waals surface area contributed by atoms with E-state index in [0.717, 1.165) is 19.2 Å². The van der Waals surface area contributed by atoms with Crippen LogP contribution in [0.2, 0.25) is 5.02 Å². The van der Waals surface area contributed by atoms with Gasteiger partial charge in [-0.3, -0.25) is 14.5 Å². The minimum atomic E-state index is -0.519. The Labute approximate surface area is 241 Å². The molecule has 0 atom stereocenters. The molecule has 1 saturated heterocycles. The number of halogens is 3. The molecular weight excluding hydrogens is 679 g/mol. The summed E-state index contributed by atoms with van der Waals surface area (Å²) in [5.41, 5.74) is 2.58. The summed E-state index contributed by atoms with van der Waals surface area (Å²) < 4.78 is 12.7. The first-order chi connectivity index (χ1) is 17.3. The summed E-state index contributed by atoms with van der Waals surface area (Å²) in [4.78, 5) is 28.4. The van der Waals surface area contributed by atoms with Gasteiger partial charge in [-0.05, 0) is 116 Å². The molecule has 3 aromatic rings. The lowest BCUT2D eigenvalue weighted by atomic mass is 10.1. The Morgan fingerprint density at radius 2 is 1.81 bits per heavy atom. The van der Waals surface area contributed by atoms with E-state index in [0.29, 0.717) is 23.1 Å². The van der Waals surface area contributed by atoms with E-state index in [1.54, 1.807) is 30.3 Å². The highest BCUT2D eigenvalue weighted by Crippen LogP contribution is 2.32. The summed E-state index contributed by atoms with van der Waals surface area (Å²) in [6, 6.07) is 20.3.